The highest BCUT2D eigenvalue weighted by Crippen LogP contribution is 2.42. The number of hydrogen-bond acceptors (Lipinski definition) is 2. The molecule has 0 bridgehead atoms. The van der Waals surface area contributed by atoms with Crippen LogP contribution >= 0.6 is 11.3 Å². The monoisotopic (exact) mass is 308 g/mol. The van der Waals surface area contributed by atoms with Crippen molar-refractivity contribution in [1.82, 2.24) is 9.88 Å². The lowest BCUT2D eigenvalue weighted by atomic mass is 10.1. The van der Waals surface area contributed by atoms with E-state index in [1.54, 1.807) is 0 Å². The van der Waals surface area contributed by atoms with E-state index in [1.165, 1.54) is 35.6 Å². The number of hydrogen-bond donors (Lipinski definition) is 1. The summed E-state index contributed by atoms with van der Waals surface area (Å²) in [5.74, 6) is 0.549. The fourth-order valence-electron chi connectivity index (χ4n) is 2.95. The molecular weight excluding hydrogens is 294 g/mol. The maximum absolute atomic E-state index is 12.7. The number of alkyl halides is 2. The number of carbonyl (C=O) groups excluding carboxylic acids is 1. The molecule has 1 amide bonds. The van der Waals surface area contributed by atoms with E-state index in [2.05, 4.69) is 5.32 Å². The molecular formula is C15H14F2N2OS. The third-order valence-corrected chi connectivity index (χ3v) is 5.23. The number of amides is 1. The molecule has 0 aromatic carbocycles. The van der Waals surface area contributed by atoms with Crippen molar-refractivity contribution in [3.05, 3.63) is 35.0 Å². The number of rotatable bonds is 3. The summed E-state index contributed by atoms with van der Waals surface area (Å²) < 4.78 is 27.4. The molecule has 6 heteroatoms. The van der Waals surface area contributed by atoms with Crippen molar-refractivity contribution in [2.75, 3.05) is 6.54 Å². The molecule has 0 radical (unpaired) electrons. The molecule has 3 nitrogen and oxygen atoms in total. The number of fused-ring (bicyclic) bond motifs is 1. The zero-order valence-electron chi connectivity index (χ0n) is 11.2. The van der Waals surface area contributed by atoms with Crippen LogP contribution in [0.15, 0.2) is 23.7 Å². The van der Waals surface area contributed by atoms with Crippen LogP contribution in [0.5, 0.6) is 0 Å². The minimum absolute atomic E-state index is 0.0439. The van der Waals surface area contributed by atoms with Gasteiger partial charge in [-0.05, 0) is 30.9 Å². The lowest BCUT2D eigenvalue weighted by Crippen LogP contribution is -2.39. The molecule has 4 rings (SSSR count). The molecule has 2 aromatic rings. The van der Waals surface area contributed by atoms with E-state index in [0.29, 0.717) is 24.2 Å². The van der Waals surface area contributed by atoms with Crippen molar-refractivity contribution in [3.63, 3.8) is 0 Å². The molecule has 1 N–H and O–H groups in total. The van der Waals surface area contributed by atoms with Crippen LogP contribution in [0.25, 0.3) is 10.4 Å². The van der Waals surface area contributed by atoms with Gasteiger partial charge in [0.2, 0.25) is 0 Å². The van der Waals surface area contributed by atoms with Crippen LogP contribution < -0.4 is 5.32 Å². The Kier molecular flexibility index (Phi) is 2.89. The van der Waals surface area contributed by atoms with E-state index >= 15 is 0 Å². The number of nitrogens with one attached hydrogen (secondary N) is 1. The van der Waals surface area contributed by atoms with Crippen molar-refractivity contribution in [3.8, 4) is 10.4 Å². The first-order valence-corrected chi connectivity index (χ1v) is 7.88. The molecule has 2 aliphatic rings. The molecule has 2 aromatic heterocycles. The van der Waals surface area contributed by atoms with Crippen molar-refractivity contribution in [1.29, 1.82) is 0 Å². The molecule has 1 aliphatic heterocycles. The summed E-state index contributed by atoms with van der Waals surface area (Å²) >= 11 is 1.30. The molecule has 0 spiro atoms. The van der Waals surface area contributed by atoms with Crippen molar-refractivity contribution in [2.45, 2.75) is 25.3 Å². The Bertz CT molecular complexity index is 702. The van der Waals surface area contributed by atoms with E-state index < -0.39 is 6.43 Å². The van der Waals surface area contributed by atoms with Crippen LogP contribution in [0.3, 0.4) is 0 Å². The van der Waals surface area contributed by atoms with Crippen LogP contribution in [-0.2, 0) is 0 Å². The van der Waals surface area contributed by atoms with Gasteiger partial charge in [0.05, 0.1) is 6.04 Å². The summed E-state index contributed by atoms with van der Waals surface area (Å²) in [6.07, 6.45) is 1.89. The summed E-state index contributed by atoms with van der Waals surface area (Å²) in [5, 5.41) is 4.40. The Labute approximate surface area is 124 Å². The number of carbonyl (C=O) groups is 1. The van der Waals surface area contributed by atoms with Gasteiger partial charge in [0, 0.05) is 34.1 Å². The second-order valence-corrected chi connectivity index (χ2v) is 6.59. The summed E-state index contributed by atoms with van der Waals surface area (Å²) in [5.41, 5.74) is 1.53. The van der Waals surface area contributed by atoms with Gasteiger partial charge in [-0.2, -0.15) is 0 Å². The molecule has 21 heavy (non-hydrogen) atoms. The average molecular weight is 308 g/mol. The zero-order chi connectivity index (χ0) is 14.6. The first-order valence-electron chi connectivity index (χ1n) is 7.00. The van der Waals surface area contributed by atoms with Gasteiger partial charge in [-0.3, -0.25) is 4.79 Å². The highest BCUT2D eigenvalue weighted by molar-refractivity contribution is 7.13. The summed E-state index contributed by atoms with van der Waals surface area (Å²) in [6.45, 7) is 0.664. The zero-order valence-corrected chi connectivity index (χ0v) is 12.0. The van der Waals surface area contributed by atoms with Crippen LogP contribution in [-0.4, -0.2) is 17.0 Å². The van der Waals surface area contributed by atoms with Gasteiger partial charge >= 0.3 is 0 Å². The third kappa shape index (κ3) is 2.18. The Balaban J connectivity index is 1.73. The van der Waals surface area contributed by atoms with E-state index in [-0.39, 0.29) is 11.5 Å². The predicted molar refractivity (Wildman–Crippen MR) is 76.8 cm³/mol. The Hall–Kier alpha value is -1.69. The maximum Gasteiger partial charge on any atom is 0.268 e. The fourth-order valence-corrected chi connectivity index (χ4v) is 3.83. The Morgan fingerprint density at radius 2 is 2.14 bits per heavy atom. The smallest absolute Gasteiger partial charge is 0.268 e. The first-order chi connectivity index (χ1) is 10.1. The molecule has 0 saturated heterocycles. The van der Waals surface area contributed by atoms with E-state index in [0.717, 1.165) is 10.4 Å². The van der Waals surface area contributed by atoms with Gasteiger partial charge in [0.25, 0.3) is 12.3 Å². The van der Waals surface area contributed by atoms with Crippen LogP contribution in [0.2, 0.25) is 0 Å². The number of aromatic nitrogens is 1. The SMILES string of the molecule is O=C1NCC(C2CC2)n2cc(-c3cc(C(F)F)cs3)cc21. The molecule has 1 fully saturated rings. The van der Waals surface area contributed by atoms with E-state index in [1.807, 2.05) is 16.8 Å². The van der Waals surface area contributed by atoms with Gasteiger partial charge in [0.1, 0.15) is 5.69 Å². The normalized spacial score (nSPS) is 21.5. The summed E-state index contributed by atoms with van der Waals surface area (Å²) in [4.78, 5) is 12.8. The first kappa shape index (κ1) is 13.0. The number of nitrogens with zero attached hydrogens (tertiary/aromatic N) is 1. The van der Waals surface area contributed by atoms with Gasteiger partial charge < -0.3 is 9.88 Å². The Morgan fingerprint density at radius 3 is 2.81 bits per heavy atom. The van der Waals surface area contributed by atoms with Crippen molar-refractivity contribution in [2.24, 2.45) is 5.92 Å². The van der Waals surface area contributed by atoms with E-state index in [9.17, 15) is 13.6 Å². The van der Waals surface area contributed by atoms with Crippen LogP contribution in [0.4, 0.5) is 8.78 Å². The van der Waals surface area contributed by atoms with Gasteiger partial charge in [-0.1, -0.05) is 0 Å². The maximum atomic E-state index is 12.7. The highest BCUT2D eigenvalue weighted by atomic mass is 32.1. The fraction of sp³-hybridized carbons (Fsp3) is 0.400. The lowest BCUT2D eigenvalue weighted by Gasteiger charge is -2.26. The highest BCUT2D eigenvalue weighted by Gasteiger charge is 2.37. The number of thiophene rings is 1. The van der Waals surface area contributed by atoms with Crippen LogP contribution in [0.1, 0.15) is 41.4 Å². The van der Waals surface area contributed by atoms with Gasteiger partial charge in [-0.15, -0.1) is 11.3 Å². The predicted octanol–water partition coefficient (Wildman–Crippen LogP) is 3.85. The standard InChI is InChI=1S/C15H14F2N2OS/c16-14(17)10-4-13(21-7-10)9-3-11-15(20)18-5-12(8-1-2-8)19(11)6-9/h3-4,6-8,12,14H,1-2,5H2,(H,18,20). The van der Waals surface area contributed by atoms with E-state index in [4.69, 9.17) is 0 Å². The second-order valence-electron chi connectivity index (χ2n) is 5.68. The topological polar surface area (TPSA) is 34.0 Å². The quantitative estimate of drug-likeness (QED) is 0.918. The summed E-state index contributed by atoms with van der Waals surface area (Å²) in [7, 11) is 0. The minimum atomic E-state index is -2.45. The third-order valence-electron chi connectivity index (χ3n) is 4.23. The average Bonchev–Trinajstić information content (AvgIpc) is 3.02. The minimum Gasteiger partial charge on any atom is -0.349 e. The second kappa shape index (κ2) is 4.66. The molecule has 1 atom stereocenters. The van der Waals surface area contributed by atoms with Crippen molar-refractivity contribution < 1.29 is 13.6 Å². The Morgan fingerprint density at radius 1 is 1.33 bits per heavy atom. The van der Waals surface area contributed by atoms with Gasteiger partial charge in [0.15, 0.2) is 0 Å². The molecule has 110 valence electrons. The number of halogens is 2. The molecule has 1 aliphatic carbocycles. The molecule has 3 heterocycles. The summed E-state index contributed by atoms with van der Waals surface area (Å²) in [6, 6.07) is 3.63. The van der Waals surface area contributed by atoms with Crippen LogP contribution in [0, 0.1) is 5.92 Å². The largest absolute Gasteiger partial charge is 0.349 e. The van der Waals surface area contributed by atoms with Gasteiger partial charge in [-0.25, -0.2) is 8.78 Å². The van der Waals surface area contributed by atoms with Crippen molar-refractivity contribution >= 4 is 17.2 Å². The molecule has 1 saturated carbocycles. The molecule has 1 unspecified atom stereocenters. The lowest BCUT2D eigenvalue weighted by molar-refractivity contribution is 0.0910.